The van der Waals surface area contributed by atoms with Gasteiger partial charge in [-0.05, 0) is 37.0 Å². The molecule has 1 heterocycles. The van der Waals surface area contributed by atoms with Crippen LogP contribution in [0.25, 0.3) is 11.4 Å². The Morgan fingerprint density at radius 2 is 1.81 bits per heavy atom. The molecule has 36 heavy (non-hydrogen) atoms. The molecule has 190 valence electrons. The number of alkyl halides is 3. The number of hydrogen-bond acceptors (Lipinski definition) is 6. The van der Waals surface area contributed by atoms with Crippen molar-refractivity contribution in [2.24, 2.45) is 5.92 Å². The first kappa shape index (κ1) is 25.7. The molecule has 1 aromatic heterocycles. The number of amides is 1. The number of carbonyl (C=O) groups is 1. The molecule has 1 aliphatic rings. The van der Waals surface area contributed by atoms with Gasteiger partial charge in [0.15, 0.2) is 5.82 Å². The van der Waals surface area contributed by atoms with Crippen LogP contribution in [0, 0.1) is 5.92 Å². The molecular weight excluding hydrogens is 493 g/mol. The van der Waals surface area contributed by atoms with Crippen LogP contribution in [0.15, 0.2) is 48.5 Å². The highest BCUT2D eigenvalue weighted by atomic mass is 35.5. The van der Waals surface area contributed by atoms with E-state index in [9.17, 15) is 18.0 Å². The lowest BCUT2D eigenvalue weighted by atomic mass is 9.85. The smallest absolute Gasteiger partial charge is 0.357 e. The molecule has 11 heteroatoms. The number of anilines is 2. The van der Waals surface area contributed by atoms with Gasteiger partial charge in [-0.2, -0.15) is 28.1 Å². The predicted molar refractivity (Wildman–Crippen MR) is 132 cm³/mol. The number of halogens is 4. The van der Waals surface area contributed by atoms with E-state index in [1.165, 1.54) is 12.1 Å². The first-order chi connectivity index (χ1) is 17.2. The minimum atomic E-state index is -4.56. The number of benzene rings is 2. The fourth-order valence-electron chi connectivity index (χ4n) is 4.30. The Balaban J connectivity index is 1.41. The Bertz CT molecular complexity index is 1210. The Hall–Kier alpha value is -3.40. The predicted octanol–water partition coefficient (Wildman–Crippen LogP) is 5.54. The number of carbonyl (C=O) groups excluding carboxylic acids is 1. The zero-order chi connectivity index (χ0) is 25.7. The molecule has 1 fully saturated rings. The molecule has 1 saturated carbocycles. The molecule has 3 N–H and O–H groups in total. The van der Waals surface area contributed by atoms with Gasteiger partial charge in [0.2, 0.25) is 17.8 Å². The molecule has 0 radical (unpaired) electrons. The maximum Gasteiger partial charge on any atom is 0.416 e. The molecule has 2 aromatic carbocycles. The van der Waals surface area contributed by atoms with Crippen molar-refractivity contribution in [2.75, 3.05) is 17.7 Å². The quantitative estimate of drug-likeness (QED) is 0.380. The highest BCUT2D eigenvalue weighted by Crippen LogP contribution is 2.34. The van der Waals surface area contributed by atoms with Crippen LogP contribution in [0.5, 0.6) is 0 Å². The highest BCUT2D eigenvalue weighted by molar-refractivity contribution is 6.30. The van der Waals surface area contributed by atoms with Gasteiger partial charge < -0.3 is 16.0 Å². The maximum atomic E-state index is 13.4. The first-order valence-corrected chi connectivity index (χ1v) is 12.0. The fraction of sp³-hybridized carbons (Fsp3) is 0.360. The van der Waals surface area contributed by atoms with Crippen LogP contribution in [-0.4, -0.2) is 33.9 Å². The average molecular weight is 519 g/mol. The molecule has 0 aliphatic heterocycles. The highest BCUT2D eigenvalue weighted by Gasteiger charge is 2.34. The molecule has 1 aliphatic carbocycles. The Labute approximate surface area is 211 Å². The van der Waals surface area contributed by atoms with E-state index in [4.69, 9.17) is 11.6 Å². The van der Waals surface area contributed by atoms with Crippen molar-refractivity contribution in [3.8, 4) is 11.4 Å². The van der Waals surface area contributed by atoms with Crippen molar-refractivity contribution in [2.45, 2.75) is 44.4 Å². The fourth-order valence-corrected chi connectivity index (χ4v) is 4.48. The molecule has 0 unspecified atom stereocenters. The number of hydrogen-bond donors (Lipinski definition) is 3. The summed E-state index contributed by atoms with van der Waals surface area (Å²) < 4.78 is 40.1. The van der Waals surface area contributed by atoms with Crippen LogP contribution in [0.3, 0.4) is 0 Å². The summed E-state index contributed by atoms with van der Waals surface area (Å²) in [7, 11) is 1.72. The Kier molecular flexibility index (Phi) is 7.93. The number of nitrogens with zero attached hydrogens (tertiary/aromatic N) is 3. The van der Waals surface area contributed by atoms with E-state index in [0.29, 0.717) is 30.6 Å². The van der Waals surface area contributed by atoms with E-state index in [-0.39, 0.29) is 35.0 Å². The molecule has 4 rings (SSSR count). The molecule has 7 nitrogen and oxygen atoms in total. The van der Waals surface area contributed by atoms with E-state index in [1.54, 1.807) is 7.05 Å². The van der Waals surface area contributed by atoms with E-state index in [1.807, 2.05) is 30.3 Å². The van der Waals surface area contributed by atoms with Gasteiger partial charge in [-0.15, -0.1) is 0 Å². The minimum Gasteiger partial charge on any atom is -0.357 e. The first-order valence-electron chi connectivity index (χ1n) is 11.6. The van der Waals surface area contributed by atoms with E-state index < -0.39 is 11.7 Å². The van der Waals surface area contributed by atoms with Gasteiger partial charge in [0.25, 0.3) is 0 Å². The van der Waals surface area contributed by atoms with Gasteiger partial charge in [-0.1, -0.05) is 54.4 Å². The normalized spacial score (nSPS) is 17.9. The lowest BCUT2D eigenvalue weighted by molar-refractivity contribution is -0.138. The second kappa shape index (κ2) is 11.1. The minimum absolute atomic E-state index is 0.00576. The Morgan fingerprint density at radius 3 is 2.53 bits per heavy atom. The summed E-state index contributed by atoms with van der Waals surface area (Å²) in [6.45, 7) is -0.223. The summed E-state index contributed by atoms with van der Waals surface area (Å²) in [5.41, 5.74) is -0.0207. The van der Waals surface area contributed by atoms with Gasteiger partial charge in [-0.25, -0.2) is 0 Å². The van der Waals surface area contributed by atoms with Crippen LogP contribution in [0.1, 0.15) is 36.8 Å². The van der Waals surface area contributed by atoms with Crippen molar-refractivity contribution in [1.82, 2.24) is 20.3 Å². The van der Waals surface area contributed by atoms with Crippen LogP contribution < -0.4 is 16.0 Å². The van der Waals surface area contributed by atoms with Crippen molar-refractivity contribution in [3.05, 3.63) is 64.7 Å². The van der Waals surface area contributed by atoms with Crippen LogP contribution in [0.4, 0.5) is 25.1 Å². The molecular formula is C25H26ClF3N6O. The second-order valence-corrected chi connectivity index (χ2v) is 9.08. The Morgan fingerprint density at radius 1 is 1.06 bits per heavy atom. The SMILES string of the molecule is CNc1nc(N[C@@H]2CCC[C@H](C(=O)NCc3ccc(Cl)cc3C(F)(F)F)C2)nc(-c2ccccc2)n1. The van der Waals surface area contributed by atoms with Crippen molar-refractivity contribution >= 4 is 29.4 Å². The summed E-state index contributed by atoms with van der Waals surface area (Å²) >= 11 is 5.74. The number of nitrogens with one attached hydrogen (secondary N) is 3. The molecule has 0 bridgehead atoms. The third kappa shape index (κ3) is 6.42. The van der Waals surface area contributed by atoms with Gasteiger partial charge in [0.05, 0.1) is 5.56 Å². The summed E-state index contributed by atoms with van der Waals surface area (Å²) in [6.07, 6.45) is -1.77. The second-order valence-electron chi connectivity index (χ2n) is 8.64. The van der Waals surface area contributed by atoms with Gasteiger partial charge in [0.1, 0.15) is 0 Å². The maximum absolute atomic E-state index is 13.4. The van der Waals surface area contributed by atoms with Crippen molar-refractivity contribution < 1.29 is 18.0 Å². The summed E-state index contributed by atoms with van der Waals surface area (Å²) in [6, 6.07) is 13.0. The molecule has 0 spiro atoms. The van der Waals surface area contributed by atoms with Crippen molar-refractivity contribution in [1.29, 1.82) is 0 Å². The summed E-state index contributed by atoms with van der Waals surface area (Å²) in [5, 5.41) is 8.92. The van der Waals surface area contributed by atoms with Crippen LogP contribution in [0.2, 0.25) is 5.02 Å². The lowest BCUT2D eigenvalue weighted by Gasteiger charge is -2.29. The standard InChI is InChI=1S/C25H26ClF3N6O/c1-30-23-33-21(15-6-3-2-4-7-15)34-24(35-23)32-19-9-5-8-16(12-19)22(36)31-14-17-10-11-18(26)13-20(17)25(27,28)29/h2-4,6-7,10-11,13,16,19H,5,8-9,12,14H2,1H3,(H,31,36)(H2,30,32,33,34,35)/t16-,19+/m0/s1. The monoisotopic (exact) mass is 518 g/mol. The third-order valence-corrected chi connectivity index (χ3v) is 6.33. The lowest BCUT2D eigenvalue weighted by Crippen LogP contribution is -2.37. The molecule has 2 atom stereocenters. The average Bonchev–Trinajstić information content (AvgIpc) is 2.87. The molecule has 1 amide bonds. The zero-order valence-electron chi connectivity index (χ0n) is 19.6. The van der Waals surface area contributed by atoms with E-state index >= 15 is 0 Å². The number of rotatable bonds is 7. The van der Waals surface area contributed by atoms with Gasteiger partial charge >= 0.3 is 6.18 Å². The molecule has 3 aromatic rings. The van der Waals surface area contributed by atoms with Crippen LogP contribution >= 0.6 is 11.6 Å². The third-order valence-electron chi connectivity index (χ3n) is 6.10. The summed E-state index contributed by atoms with van der Waals surface area (Å²) in [4.78, 5) is 26.2. The largest absolute Gasteiger partial charge is 0.416 e. The summed E-state index contributed by atoms with van der Waals surface area (Å²) in [5.74, 6) is 0.722. The van der Waals surface area contributed by atoms with E-state index in [2.05, 4.69) is 30.9 Å². The van der Waals surface area contributed by atoms with Crippen molar-refractivity contribution in [3.63, 3.8) is 0 Å². The van der Waals surface area contributed by atoms with Crippen LogP contribution in [-0.2, 0) is 17.5 Å². The van der Waals surface area contributed by atoms with E-state index in [0.717, 1.165) is 24.5 Å². The van der Waals surface area contributed by atoms with Gasteiger partial charge in [0, 0.05) is 36.1 Å². The van der Waals surface area contributed by atoms with Gasteiger partial charge in [-0.3, -0.25) is 4.79 Å². The zero-order valence-corrected chi connectivity index (χ0v) is 20.3. The molecule has 0 saturated heterocycles. The topological polar surface area (TPSA) is 91.8 Å². The number of aromatic nitrogens is 3.